The SMILES string of the molecule is Brc1ccccc1C1=CC(c2ccccc2Br)=C2C=C3Cc4ccccc4C3=C12. The van der Waals surface area contributed by atoms with E-state index >= 15 is 0 Å². The van der Waals surface area contributed by atoms with Crippen molar-refractivity contribution in [1.29, 1.82) is 0 Å². The van der Waals surface area contributed by atoms with Crippen molar-refractivity contribution in [1.82, 2.24) is 0 Å². The fourth-order valence-corrected chi connectivity index (χ4v) is 5.76. The van der Waals surface area contributed by atoms with E-state index in [1.54, 1.807) is 0 Å². The Morgan fingerprint density at radius 1 is 0.552 bits per heavy atom. The maximum Gasteiger partial charge on any atom is 0.0253 e. The third kappa shape index (κ3) is 2.56. The van der Waals surface area contributed by atoms with Crippen molar-refractivity contribution in [2.24, 2.45) is 0 Å². The summed E-state index contributed by atoms with van der Waals surface area (Å²) in [5, 5.41) is 0. The Labute approximate surface area is 187 Å². The van der Waals surface area contributed by atoms with Crippen LogP contribution < -0.4 is 0 Å². The third-order valence-electron chi connectivity index (χ3n) is 6.00. The van der Waals surface area contributed by atoms with Gasteiger partial charge in [0.1, 0.15) is 0 Å². The lowest BCUT2D eigenvalue weighted by molar-refractivity contribution is 1.27. The molecule has 0 spiro atoms. The summed E-state index contributed by atoms with van der Waals surface area (Å²) in [6, 6.07) is 25.9. The first-order valence-electron chi connectivity index (χ1n) is 9.72. The maximum absolute atomic E-state index is 3.79. The van der Waals surface area contributed by atoms with Crippen LogP contribution in [0.15, 0.2) is 111 Å². The van der Waals surface area contributed by atoms with Gasteiger partial charge >= 0.3 is 0 Å². The van der Waals surface area contributed by atoms with Crippen molar-refractivity contribution < 1.29 is 0 Å². The topological polar surface area (TPSA) is 0 Å². The summed E-state index contributed by atoms with van der Waals surface area (Å²) >= 11 is 7.56. The van der Waals surface area contributed by atoms with Gasteiger partial charge in [0.25, 0.3) is 0 Å². The quantitative estimate of drug-likeness (QED) is 0.335. The van der Waals surface area contributed by atoms with Gasteiger partial charge < -0.3 is 0 Å². The zero-order valence-corrected chi connectivity index (χ0v) is 18.7. The summed E-state index contributed by atoms with van der Waals surface area (Å²) < 4.78 is 2.26. The van der Waals surface area contributed by atoms with E-state index in [2.05, 4.69) is 117 Å². The molecule has 3 aliphatic rings. The van der Waals surface area contributed by atoms with Crippen molar-refractivity contribution in [3.05, 3.63) is 133 Å². The summed E-state index contributed by atoms with van der Waals surface area (Å²) in [5.41, 5.74) is 13.5. The van der Waals surface area contributed by atoms with Crippen LogP contribution in [0.4, 0.5) is 0 Å². The Morgan fingerprint density at radius 3 is 1.90 bits per heavy atom. The number of allylic oxidation sites excluding steroid dienone is 8. The Hall–Kier alpha value is -2.42. The highest BCUT2D eigenvalue weighted by atomic mass is 79.9. The van der Waals surface area contributed by atoms with E-state index < -0.39 is 0 Å². The summed E-state index contributed by atoms with van der Waals surface area (Å²) in [6.45, 7) is 0. The standard InChI is InChI=1S/C27H16Br2/c28-24-11-5-3-9-19(24)21-15-23(20-10-4-6-12-25(20)29)27-22(21)14-17-13-16-7-1-2-8-18(16)26(17)27/h1-12,14-15H,13H2. The Morgan fingerprint density at radius 2 is 1.17 bits per heavy atom. The molecule has 0 saturated carbocycles. The molecule has 3 aliphatic carbocycles. The van der Waals surface area contributed by atoms with Crippen LogP contribution in [-0.4, -0.2) is 0 Å². The summed E-state index contributed by atoms with van der Waals surface area (Å²) in [7, 11) is 0. The van der Waals surface area contributed by atoms with Crippen LogP contribution in [0, 0.1) is 0 Å². The van der Waals surface area contributed by atoms with Crippen molar-refractivity contribution in [2.45, 2.75) is 6.42 Å². The van der Waals surface area contributed by atoms with Gasteiger partial charge in [0.05, 0.1) is 0 Å². The molecule has 3 aromatic carbocycles. The first-order valence-corrected chi connectivity index (χ1v) is 11.3. The number of hydrogen-bond donors (Lipinski definition) is 0. The van der Waals surface area contributed by atoms with Crippen molar-refractivity contribution in [2.75, 3.05) is 0 Å². The van der Waals surface area contributed by atoms with Crippen LogP contribution in [0.5, 0.6) is 0 Å². The minimum Gasteiger partial charge on any atom is -0.0619 e. The molecule has 0 unspecified atom stereocenters. The van der Waals surface area contributed by atoms with Crippen molar-refractivity contribution >= 4 is 48.6 Å². The number of rotatable bonds is 2. The van der Waals surface area contributed by atoms with Crippen LogP contribution in [0.3, 0.4) is 0 Å². The fraction of sp³-hybridized carbons (Fsp3) is 0.0370. The average Bonchev–Trinajstić information content (AvgIpc) is 3.37. The molecular weight excluding hydrogens is 484 g/mol. The molecule has 0 bridgehead atoms. The molecule has 0 atom stereocenters. The Kier molecular flexibility index (Phi) is 3.94. The van der Waals surface area contributed by atoms with Crippen LogP contribution >= 0.6 is 31.9 Å². The molecule has 0 saturated heterocycles. The van der Waals surface area contributed by atoms with E-state index in [-0.39, 0.29) is 0 Å². The Bertz CT molecular complexity index is 1330. The molecule has 0 fully saturated rings. The van der Waals surface area contributed by atoms with E-state index in [4.69, 9.17) is 0 Å². The zero-order chi connectivity index (χ0) is 19.5. The van der Waals surface area contributed by atoms with E-state index in [9.17, 15) is 0 Å². The second kappa shape index (κ2) is 6.55. The smallest absolute Gasteiger partial charge is 0.0253 e. The predicted molar refractivity (Wildman–Crippen MR) is 128 cm³/mol. The van der Waals surface area contributed by atoms with Gasteiger partial charge in [-0.15, -0.1) is 0 Å². The second-order valence-corrected chi connectivity index (χ2v) is 9.31. The van der Waals surface area contributed by atoms with E-state index in [0.29, 0.717) is 0 Å². The highest BCUT2D eigenvalue weighted by molar-refractivity contribution is 9.10. The highest BCUT2D eigenvalue weighted by Gasteiger charge is 2.36. The third-order valence-corrected chi connectivity index (χ3v) is 7.39. The van der Waals surface area contributed by atoms with Gasteiger partial charge in [0, 0.05) is 8.95 Å². The predicted octanol–water partition coefficient (Wildman–Crippen LogP) is 8.01. The number of hydrogen-bond acceptors (Lipinski definition) is 0. The van der Waals surface area contributed by atoms with Gasteiger partial charge in [-0.3, -0.25) is 0 Å². The maximum atomic E-state index is 3.79. The van der Waals surface area contributed by atoms with Crippen LogP contribution in [0.25, 0.3) is 16.7 Å². The molecule has 0 N–H and O–H groups in total. The van der Waals surface area contributed by atoms with Crippen LogP contribution in [0.1, 0.15) is 22.3 Å². The molecule has 0 aliphatic heterocycles. The average molecular weight is 500 g/mol. The van der Waals surface area contributed by atoms with Gasteiger partial charge in [-0.2, -0.15) is 0 Å². The van der Waals surface area contributed by atoms with Gasteiger partial charge in [-0.1, -0.05) is 92.5 Å². The molecule has 2 heteroatoms. The molecule has 138 valence electrons. The zero-order valence-electron chi connectivity index (χ0n) is 15.5. The number of benzene rings is 3. The molecule has 0 radical (unpaired) electrons. The monoisotopic (exact) mass is 498 g/mol. The molecular formula is C27H16Br2. The lowest BCUT2D eigenvalue weighted by Gasteiger charge is -2.12. The minimum atomic E-state index is 1.02. The molecule has 3 aromatic rings. The minimum absolute atomic E-state index is 1.02. The van der Waals surface area contributed by atoms with Crippen LogP contribution in [0.2, 0.25) is 0 Å². The van der Waals surface area contributed by atoms with Crippen molar-refractivity contribution in [3.63, 3.8) is 0 Å². The normalized spacial score (nSPS) is 16.6. The van der Waals surface area contributed by atoms with E-state index in [1.165, 1.54) is 55.7 Å². The lowest BCUT2D eigenvalue weighted by Crippen LogP contribution is -1.91. The van der Waals surface area contributed by atoms with E-state index in [1.807, 2.05) is 0 Å². The lowest BCUT2D eigenvalue weighted by atomic mass is 9.93. The molecule has 0 heterocycles. The molecule has 0 aromatic heterocycles. The summed E-state index contributed by atoms with van der Waals surface area (Å²) in [4.78, 5) is 0. The molecule has 29 heavy (non-hydrogen) atoms. The molecule has 0 amide bonds. The highest BCUT2D eigenvalue weighted by Crippen LogP contribution is 2.56. The molecule has 0 nitrogen and oxygen atoms in total. The van der Waals surface area contributed by atoms with Gasteiger partial charge in [0.15, 0.2) is 0 Å². The molecule has 6 rings (SSSR count). The Balaban J connectivity index is 1.67. The summed E-state index contributed by atoms with van der Waals surface area (Å²) in [6.07, 6.45) is 5.80. The van der Waals surface area contributed by atoms with Gasteiger partial charge in [-0.25, -0.2) is 0 Å². The van der Waals surface area contributed by atoms with Crippen molar-refractivity contribution in [3.8, 4) is 0 Å². The van der Waals surface area contributed by atoms with E-state index in [0.717, 1.165) is 15.4 Å². The number of halogens is 2. The first-order chi connectivity index (χ1) is 14.2. The fourth-order valence-electron chi connectivity index (χ4n) is 4.77. The first kappa shape index (κ1) is 17.4. The van der Waals surface area contributed by atoms with Gasteiger partial charge in [0.2, 0.25) is 0 Å². The van der Waals surface area contributed by atoms with Crippen LogP contribution in [-0.2, 0) is 6.42 Å². The number of fused-ring (bicyclic) bond motifs is 4. The second-order valence-electron chi connectivity index (χ2n) is 7.60. The largest absolute Gasteiger partial charge is 0.0619 e. The summed E-state index contributed by atoms with van der Waals surface area (Å²) in [5.74, 6) is 0. The van der Waals surface area contributed by atoms with Gasteiger partial charge in [-0.05, 0) is 86.4 Å².